The Kier molecular flexibility index (Phi) is 3.36. The van der Waals surface area contributed by atoms with Gasteiger partial charge < -0.3 is 14.3 Å². The van der Waals surface area contributed by atoms with E-state index in [-0.39, 0.29) is 0 Å². The Morgan fingerprint density at radius 1 is 1.44 bits per heavy atom. The van der Waals surface area contributed by atoms with Crippen LogP contribution in [-0.2, 0) is 13.1 Å². The molecule has 2 heterocycles. The molecule has 0 saturated heterocycles. The van der Waals surface area contributed by atoms with Gasteiger partial charge in [0, 0.05) is 25.5 Å². The average molecular weight is 220 g/mol. The molecule has 0 saturated carbocycles. The van der Waals surface area contributed by atoms with Gasteiger partial charge in [0.15, 0.2) is 0 Å². The van der Waals surface area contributed by atoms with E-state index in [1.807, 2.05) is 24.6 Å². The molecule has 0 aliphatic rings. The van der Waals surface area contributed by atoms with E-state index in [0.29, 0.717) is 6.54 Å². The normalized spacial score (nSPS) is 10.9. The van der Waals surface area contributed by atoms with E-state index in [1.165, 1.54) is 0 Å². The van der Waals surface area contributed by atoms with Crippen molar-refractivity contribution in [2.24, 2.45) is 0 Å². The molecular weight excluding hydrogens is 204 g/mol. The van der Waals surface area contributed by atoms with Crippen LogP contribution in [-0.4, -0.2) is 21.1 Å². The molecule has 5 heteroatoms. The molecule has 0 atom stereocenters. The fourth-order valence-electron chi connectivity index (χ4n) is 1.44. The first-order valence-electron chi connectivity index (χ1n) is 5.35. The lowest BCUT2D eigenvalue weighted by molar-refractivity contribution is 0.444. The fraction of sp³-hybridized carbons (Fsp3) is 0.455. The van der Waals surface area contributed by atoms with Gasteiger partial charge in [-0.2, -0.15) is 0 Å². The van der Waals surface area contributed by atoms with Crippen molar-refractivity contribution in [2.75, 3.05) is 6.54 Å². The summed E-state index contributed by atoms with van der Waals surface area (Å²) >= 11 is 0. The number of aromatic nitrogens is 3. The van der Waals surface area contributed by atoms with Crippen molar-refractivity contribution in [3.05, 3.63) is 36.1 Å². The second-order valence-corrected chi connectivity index (χ2v) is 3.73. The average Bonchev–Trinajstić information content (AvgIpc) is 2.85. The molecule has 0 fully saturated rings. The fourth-order valence-corrected chi connectivity index (χ4v) is 1.44. The molecule has 86 valence electrons. The highest BCUT2D eigenvalue weighted by Crippen LogP contribution is 2.07. The first-order chi connectivity index (χ1) is 7.75. The van der Waals surface area contributed by atoms with Crippen LogP contribution < -0.4 is 5.32 Å². The van der Waals surface area contributed by atoms with Crippen molar-refractivity contribution in [2.45, 2.75) is 26.9 Å². The number of hydrogen-bond donors (Lipinski definition) is 1. The summed E-state index contributed by atoms with van der Waals surface area (Å²) in [4.78, 5) is 8.27. The Morgan fingerprint density at radius 2 is 2.31 bits per heavy atom. The van der Waals surface area contributed by atoms with Crippen LogP contribution in [0, 0.1) is 13.8 Å². The Morgan fingerprint density at radius 3 is 2.94 bits per heavy atom. The topological polar surface area (TPSA) is 55.9 Å². The summed E-state index contributed by atoms with van der Waals surface area (Å²) in [5.41, 5.74) is 0.964. The molecule has 2 aromatic rings. The number of nitrogens with zero attached hydrogens (tertiary/aromatic N) is 3. The van der Waals surface area contributed by atoms with Gasteiger partial charge in [0.2, 0.25) is 5.89 Å². The van der Waals surface area contributed by atoms with E-state index in [9.17, 15) is 0 Å². The lowest BCUT2D eigenvalue weighted by Gasteiger charge is -2.02. The summed E-state index contributed by atoms with van der Waals surface area (Å²) in [6, 6.07) is 0. The summed E-state index contributed by atoms with van der Waals surface area (Å²) < 4.78 is 7.49. The predicted molar refractivity (Wildman–Crippen MR) is 59.9 cm³/mol. The second-order valence-electron chi connectivity index (χ2n) is 3.73. The number of rotatable bonds is 5. The van der Waals surface area contributed by atoms with Crippen LogP contribution in [0.15, 0.2) is 23.1 Å². The lowest BCUT2D eigenvalue weighted by Crippen LogP contribution is -2.19. The van der Waals surface area contributed by atoms with E-state index in [4.69, 9.17) is 4.42 Å². The van der Waals surface area contributed by atoms with Crippen molar-refractivity contribution in [1.29, 1.82) is 0 Å². The van der Waals surface area contributed by atoms with Crippen LogP contribution in [0.4, 0.5) is 0 Å². The second kappa shape index (κ2) is 4.94. The molecule has 5 nitrogen and oxygen atoms in total. The maximum absolute atomic E-state index is 5.46. The SMILES string of the molecule is Cc1nc(CNCCn2ccnc2)oc1C. The highest BCUT2D eigenvalue weighted by atomic mass is 16.4. The summed E-state index contributed by atoms with van der Waals surface area (Å²) in [5.74, 6) is 1.65. The third kappa shape index (κ3) is 2.70. The molecule has 0 radical (unpaired) electrons. The molecule has 0 aromatic carbocycles. The van der Waals surface area contributed by atoms with Crippen LogP contribution >= 0.6 is 0 Å². The van der Waals surface area contributed by atoms with E-state index in [2.05, 4.69) is 15.3 Å². The van der Waals surface area contributed by atoms with Gasteiger partial charge in [-0.25, -0.2) is 9.97 Å². The van der Waals surface area contributed by atoms with Crippen LogP contribution in [0.3, 0.4) is 0 Å². The van der Waals surface area contributed by atoms with Gasteiger partial charge in [-0.1, -0.05) is 0 Å². The molecule has 0 amide bonds. The molecule has 2 aromatic heterocycles. The maximum atomic E-state index is 5.46. The number of nitrogens with one attached hydrogen (secondary N) is 1. The number of imidazole rings is 1. The summed E-state index contributed by atoms with van der Waals surface area (Å²) in [7, 11) is 0. The molecule has 0 aliphatic carbocycles. The molecule has 0 spiro atoms. The number of hydrogen-bond acceptors (Lipinski definition) is 4. The zero-order valence-corrected chi connectivity index (χ0v) is 9.60. The van der Waals surface area contributed by atoms with E-state index >= 15 is 0 Å². The van der Waals surface area contributed by atoms with E-state index in [1.54, 1.807) is 12.5 Å². The summed E-state index contributed by atoms with van der Waals surface area (Å²) in [6.45, 7) is 6.32. The van der Waals surface area contributed by atoms with E-state index in [0.717, 1.165) is 30.4 Å². The molecule has 16 heavy (non-hydrogen) atoms. The van der Waals surface area contributed by atoms with Gasteiger partial charge in [0.25, 0.3) is 0 Å². The Bertz CT molecular complexity index is 413. The third-order valence-corrected chi connectivity index (χ3v) is 2.46. The minimum atomic E-state index is 0.670. The Labute approximate surface area is 94.5 Å². The minimum absolute atomic E-state index is 0.670. The van der Waals surface area contributed by atoms with Gasteiger partial charge in [0.05, 0.1) is 18.6 Å². The summed E-state index contributed by atoms with van der Waals surface area (Å²) in [5, 5.41) is 3.28. The van der Waals surface area contributed by atoms with Gasteiger partial charge in [-0.3, -0.25) is 0 Å². The Balaban J connectivity index is 1.72. The van der Waals surface area contributed by atoms with Gasteiger partial charge in [0.1, 0.15) is 5.76 Å². The van der Waals surface area contributed by atoms with Crippen molar-refractivity contribution >= 4 is 0 Å². The largest absolute Gasteiger partial charge is 0.444 e. The quantitative estimate of drug-likeness (QED) is 0.771. The minimum Gasteiger partial charge on any atom is -0.444 e. The van der Waals surface area contributed by atoms with Crippen molar-refractivity contribution < 1.29 is 4.42 Å². The molecule has 0 unspecified atom stereocenters. The van der Waals surface area contributed by atoms with Crippen molar-refractivity contribution in [1.82, 2.24) is 19.9 Å². The molecule has 2 rings (SSSR count). The monoisotopic (exact) mass is 220 g/mol. The highest BCUT2D eigenvalue weighted by Gasteiger charge is 2.03. The van der Waals surface area contributed by atoms with Crippen LogP contribution in [0.25, 0.3) is 0 Å². The van der Waals surface area contributed by atoms with Gasteiger partial charge >= 0.3 is 0 Å². The Hall–Kier alpha value is -1.62. The zero-order chi connectivity index (χ0) is 11.4. The van der Waals surface area contributed by atoms with Crippen molar-refractivity contribution in [3.8, 4) is 0 Å². The first-order valence-corrected chi connectivity index (χ1v) is 5.35. The van der Waals surface area contributed by atoms with Gasteiger partial charge in [-0.05, 0) is 13.8 Å². The smallest absolute Gasteiger partial charge is 0.208 e. The highest BCUT2D eigenvalue weighted by molar-refractivity contribution is 5.05. The van der Waals surface area contributed by atoms with Gasteiger partial charge in [-0.15, -0.1) is 0 Å². The molecule has 0 aliphatic heterocycles. The molecule has 1 N–H and O–H groups in total. The summed E-state index contributed by atoms with van der Waals surface area (Å²) in [6.07, 6.45) is 5.53. The molecule has 0 bridgehead atoms. The predicted octanol–water partition coefficient (Wildman–Crippen LogP) is 1.28. The maximum Gasteiger partial charge on any atom is 0.208 e. The first kappa shape index (κ1) is 10.9. The van der Waals surface area contributed by atoms with E-state index < -0.39 is 0 Å². The van der Waals surface area contributed by atoms with Crippen LogP contribution in [0.1, 0.15) is 17.3 Å². The number of oxazole rings is 1. The van der Waals surface area contributed by atoms with Crippen LogP contribution in [0.5, 0.6) is 0 Å². The standard InChI is InChI=1S/C11H16N4O/c1-9-10(2)16-11(14-9)7-12-3-5-15-6-4-13-8-15/h4,6,8,12H,3,5,7H2,1-2H3. The molecular formula is C11H16N4O. The third-order valence-electron chi connectivity index (χ3n) is 2.46. The zero-order valence-electron chi connectivity index (χ0n) is 9.60. The van der Waals surface area contributed by atoms with Crippen LogP contribution in [0.2, 0.25) is 0 Å². The van der Waals surface area contributed by atoms with Crippen molar-refractivity contribution in [3.63, 3.8) is 0 Å². The number of aryl methyl sites for hydroxylation is 2. The lowest BCUT2D eigenvalue weighted by atomic mass is 10.4.